The number of para-hydroxylation sites is 1. The number of nitro groups is 1. The number of carbonyl (C=O) groups excluding carboxylic acids is 1. The van der Waals surface area contributed by atoms with Gasteiger partial charge in [0.1, 0.15) is 5.02 Å². The maximum Gasteiger partial charge on any atom is 0.289 e. The normalized spacial score (nSPS) is 10.6. The summed E-state index contributed by atoms with van der Waals surface area (Å²) >= 11 is 7.04. The highest BCUT2D eigenvalue weighted by molar-refractivity contribution is 7.99. The fraction of sp³-hybridized carbons (Fsp3) is 0.0588. The van der Waals surface area contributed by atoms with Gasteiger partial charge < -0.3 is 5.32 Å². The van der Waals surface area contributed by atoms with Crippen LogP contribution < -0.4 is 5.32 Å². The molecule has 0 aliphatic carbocycles. The number of aromatic nitrogens is 1. The summed E-state index contributed by atoms with van der Waals surface area (Å²) in [6.45, 7) is 0. The number of carbonyl (C=O) groups is 1. The Balaban J connectivity index is 1.64. The van der Waals surface area contributed by atoms with Crippen molar-refractivity contribution in [2.45, 2.75) is 5.03 Å². The van der Waals surface area contributed by atoms with Gasteiger partial charge in [-0.15, -0.1) is 0 Å². The molecular weight excluding hydrogens is 362 g/mol. The molecule has 6 nitrogen and oxygen atoms in total. The highest BCUT2D eigenvalue weighted by atomic mass is 35.5. The number of hydrogen-bond donors (Lipinski definition) is 1. The monoisotopic (exact) mass is 373 g/mol. The van der Waals surface area contributed by atoms with E-state index in [-0.39, 0.29) is 22.4 Å². The Morgan fingerprint density at radius 1 is 1.20 bits per heavy atom. The fourth-order valence-electron chi connectivity index (χ4n) is 2.19. The van der Waals surface area contributed by atoms with Crippen molar-refractivity contribution in [3.8, 4) is 0 Å². The molecule has 0 saturated heterocycles. The zero-order chi connectivity index (χ0) is 17.8. The van der Waals surface area contributed by atoms with Crippen LogP contribution in [-0.2, 0) is 4.79 Å². The van der Waals surface area contributed by atoms with Crippen LogP contribution in [0.2, 0.25) is 5.02 Å². The van der Waals surface area contributed by atoms with E-state index in [0.29, 0.717) is 5.69 Å². The van der Waals surface area contributed by atoms with Crippen molar-refractivity contribution in [3.63, 3.8) is 0 Å². The Morgan fingerprint density at radius 2 is 2.00 bits per heavy atom. The number of fused-ring (bicyclic) bond motifs is 1. The molecule has 1 heterocycles. The number of rotatable bonds is 5. The predicted octanol–water partition coefficient (Wildman–Crippen LogP) is 4.53. The number of benzene rings is 2. The van der Waals surface area contributed by atoms with Crippen molar-refractivity contribution >= 4 is 51.5 Å². The molecule has 0 bridgehead atoms. The van der Waals surface area contributed by atoms with Crippen LogP contribution in [0.3, 0.4) is 0 Å². The van der Waals surface area contributed by atoms with Crippen LogP contribution in [0.15, 0.2) is 59.6 Å². The van der Waals surface area contributed by atoms with Gasteiger partial charge in [0.2, 0.25) is 5.91 Å². The Bertz CT molecular complexity index is 965. The summed E-state index contributed by atoms with van der Waals surface area (Å²) in [5, 5.41) is 15.3. The number of nitro benzene ring substituents is 1. The van der Waals surface area contributed by atoms with Crippen molar-refractivity contribution in [1.82, 2.24) is 4.98 Å². The van der Waals surface area contributed by atoms with Crippen molar-refractivity contribution in [1.29, 1.82) is 0 Å². The number of pyridine rings is 1. The maximum absolute atomic E-state index is 12.1. The van der Waals surface area contributed by atoms with Gasteiger partial charge in [0.25, 0.3) is 5.69 Å². The van der Waals surface area contributed by atoms with Crippen LogP contribution in [0.4, 0.5) is 11.4 Å². The van der Waals surface area contributed by atoms with E-state index >= 15 is 0 Å². The minimum absolute atomic E-state index is 0.0257. The second-order valence-corrected chi connectivity index (χ2v) is 6.51. The molecule has 3 rings (SSSR count). The van der Waals surface area contributed by atoms with Crippen LogP contribution in [0.25, 0.3) is 10.9 Å². The first-order chi connectivity index (χ1) is 12.0. The van der Waals surface area contributed by atoms with Crippen LogP contribution in [0, 0.1) is 10.1 Å². The van der Waals surface area contributed by atoms with E-state index in [1.807, 2.05) is 36.4 Å². The minimum atomic E-state index is -0.592. The van der Waals surface area contributed by atoms with Crippen molar-refractivity contribution in [3.05, 3.63) is 69.7 Å². The van der Waals surface area contributed by atoms with E-state index in [4.69, 9.17) is 11.6 Å². The molecule has 8 heteroatoms. The van der Waals surface area contributed by atoms with E-state index in [1.54, 1.807) is 0 Å². The molecule has 0 atom stereocenters. The molecule has 0 spiro atoms. The molecule has 0 fully saturated rings. The summed E-state index contributed by atoms with van der Waals surface area (Å²) in [5.74, 6) is -0.140. The molecule has 2 aromatic carbocycles. The average molecular weight is 374 g/mol. The molecule has 3 aromatic rings. The summed E-state index contributed by atoms with van der Waals surface area (Å²) < 4.78 is 0. The van der Waals surface area contributed by atoms with Gasteiger partial charge in [-0.3, -0.25) is 14.9 Å². The number of hydrogen-bond acceptors (Lipinski definition) is 5. The zero-order valence-electron chi connectivity index (χ0n) is 12.8. The first-order valence-electron chi connectivity index (χ1n) is 7.25. The summed E-state index contributed by atoms with van der Waals surface area (Å²) in [4.78, 5) is 26.8. The Kier molecular flexibility index (Phi) is 5.16. The Labute approximate surface area is 152 Å². The summed E-state index contributed by atoms with van der Waals surface area (Å²) in [7, 11) is 0. The highest BCUT2D eigenvalue weighted by Gasteiger charge is 2.14. The number of thioether (sulfide) groups is 1. The molecule has 1 N–H and O–H groups in total. The number of nitrogens with zero attached hydrogens (tertiary/aromatic N) is 2. The molecule has 126 valence electrons. The third-order valence-electron chi connectivity index (χ3n) is 3.35. The van der Waals surface area contributed by atoms with E-state index in [9.17, 15) is 14.9 Å². The third kappa shape index (κ3) is 4.26. The minimum Gasteiger partial charge on any atom is -0.325 e. The van der Waals surface area contributed by atoms with E-state index in [1.165, 1.54) is 30.0 Å². The first kappa shape index (κ1) is 17.2. The Hall–Kier alpha value is -2.64. The quantitative estimate of drug-likeness (QED) is 0.403. The maximum atomic E-state index is 12.1. The van der Waals surface area contributed by atoms with E-state index in [2.05, 4.69) is 10.3 Å². The lowest BCUT2D eigenvalue weighted by Gasteiger charge is -2.06. The molecule has 1 aromatic heterocycles. The van der Waals surface area contributed by atoms with Gasteiger partial charge in [-0.2, -0.15) is 0 Å². The summed E-state index contributed by atoms with van der Waals surface area (Å²) in [6.07, 6.45) is 0. The van der Waals surface area contributed by atoms with Gasteiger partial charge in [-0.1, -0.05) is 47.6 Å². The van der Waals surface area contributed by atoms with Gasteiger partial charge >= 0.3 is 0 Å². The van der Waals surface area contributed by atoms with Gasteiger partial charge in [0.05, 0.1) is 21.2 Å². The SMILES string of the molecule is O=C(CSc1ccc2ccccc2n1)Nc1ccc(Cl)c([N+](=O)[O-])c1. The van der Waals surface area contributed by atoms with E-state index in [0.717, 1.165) is 15.9 Å². The lowest BCUT2D eigenvalue weighted by atomic mass is 10.2. The molecule has 0 radical (unpaired) electrons. The van der Waals surface area contributed by atoms with Gasteiger partial charge in [0, 0.05) is 17.1 Å². The van der Waals surface area contributed by atoms with Crippen molar-refractivity contribution in [2.24, 2.45) is 0 Å². The number of halogens is 1. The van der Waals surface area contributed by atoms with Crippen LogP contribution >= 0.6 is 23.4 Å². The molecule has 0 aliphatic rings. The van der Waals surface area contributed by atoms with Crippen LogP contribution in [0.1, 0.15) is 0 Å². The topological polar surface area (TPSA) is 85.1 Å². The van der Waals surface area contributed by atoms with Crippen molar-refractivity contribution in [2.75, 3.05) is 11.1 Å². The van der Waals surface area contributed by atoms with Gasteiger partial charge in [-0.05, 0) is 24.3 Å². The first-order valence-corrected chi connectivity index (χ1v) is 8.62. The average Bonchev–Trinajstić information content (AvgIpc) is 2.61. The summed E-state index contributed by atoms with van der Waals surface area (Å²) in [6, 6.07) is 15.7. The second-order valence-electron chi connectivity index (χ2n) is 5.10. The lowest BCUT2D eigenvalue weighted by Crippen LogP contribution is -2.14. The smallest absolute Gasteiger partial charge is 0.289 e. The third-order valence-corrected chi connectivity index (χ3v) is 4.60. The zero-order valence-corrected chi connectivity index (χ0v) is 14.4. The molecule has 0 saturated carbocycles. The molecule has 0 unspecified atom stereocenters. The number of nitrogens with one attached hydrogen (secondary N) is 1. The van der Waals surface area contributed by atoms with Gasteiger partial charge in [-0.25, -0.2) is 4.98 Å². The highest BCUT2D eigenvalue weighted by Crippen LogP contribution is 2.27. The van der Waals surface area contributed by atoms with Crippen LogP contribution in [-0.4, -0.2) is 21.6 Å². The molecular formula is C17H12ClN3O3S. The Morgan fingerprint density at radius 3 is 2.80 bits per heavy atom. The number of amides is 1. The molecule has 0 aliphatic heterocycles. The molecule has 25 heavy (non-hydrogen) atoms. The predicted molar refractivity (Wildman–Crippen MR) is 99.2 cm³/mol. The lowest BCUT2D eigenvalue weighted by molar-refractivity contribution is -0.384. The van der Waals surface area contributed by atoms with Crippen LogP contribution in [0.5, 0.6) is 0 Å². The standard InChI is InChI=1S/C17H12ClN3O3S/c18-13-7-6-12(9-15(13)21(23)24)19-16(22)10-25-17-8-5-11-3-1-2-4-14(11)20-17/h1-9H,10H2,(H,19,22). The molecule has 1 amide bonds. The van der Waals surface area contributed by atoms with Gasteiger partial charge in [0.15, 0.2) is 0 Å². The largest absolute Gasteiger partial charge is 0.325 e. The van der Waals surface area contributed by atoms with Crippen molar-refractivity contribution < 1.29 is 9.72 Å². The summed E-state index contributed by atoms with van der Waals surface area (Å²) in [5.41, 5.74) is 0.942. The second kappa shape index (κ2) is 7.50. The van der Waals surface area contributed by atoms with E-state index < -0.39 is 4.92 Å². The number of anilines is 1. The fourth-order valence-corrected chi connectivity index (χ4v) is 3.06.